The van der Waals surface area contributed by atoms with E-state index >= 15 is 0 Å². The van der Waals surface area contributed by atoms with Gasteiger partial charge in [-0.05, 0) is 57.7 Å². The zero-order valence-corrected chi connectivity index (χ0v) is 16.3. The number of ether oxygens (including phenoxy) is 2. The number of halogens is 1. The first-order valence-electron chi connectivity index (χ1n) is 8.51. The lowest BCUT2D eigenvalue weighted by Crippen LogP contribution is -1.91. The number of rotatable bonds is 4. The zero-order chi connectivity index (χ0) is 18.1. The summed E-state index contributed by atoms with van der Waals surface area (Å²) in [5.74, 6) is 1.73. The van der Waals surface area contributed by atoms with E-state index in [1.165, 1.54) is 33.4 Å². The molecule has 26 heavy (non-hydrogen) atoms. The number of fused-ring (bicyclic) bond motifs is 1. The summed E-state index contributed by atoms with van der Waals surface area (Å²) < 4.78 is 11.9. The third-order valence-electron chi connectivity index (χ3n) is 4.83. The van der Waals surface area contributed by atoms with Crippen molar-refractivity contribution in [2.24, 2.45) is 0 Å². The van der Waals surface area contributed by atoms with Gasteiger partial charge in [0.2, 0.25) is 0 Å². The molecule has 0 atom stereocenters. The summed E-state index contributed by atoms with van der Waals surface area (Å²) in [6.07, 6.45) is 0.885. The molecule has 0 spiro atoms. The third-order valence-corrected chi connectivity index (χ3v) is 5.54. The van der Waals surface area contributed by atoms with E-state index in [1.807, 2.05) is 18.2 Å². The topological polar surface area (TPSA) is 18.5 Å². The molecule has 4 rings (SSSR count). The van der Waals surface area contributed by atoms with Crippen LogP contribution in [0.1, 0.15) is 22.3 Å². The first-order chi connectivity index (χ1) is 12.7. The van der Waals surface area contributed by atoms with Crippen molar-refractivity contribution in [2.75, 3.05) is 14.2 Å². The number of benzene rings is 3. The van der Waals surface area contributed by atoms with E-state index in [0.29, 0.717) is 0 Å². The van der Waals surface area contributed by atoms with Crippen molar-refractivity contribution in [3.8, 4) is 11.5 Å². The Morgan fingerprint density at radius 2 is 1.46 bits per heavy atom. The molecule has 3 heteroatoms. The molecule has 1 aliphatic rings. The first-order valence-corrected chi connectivity index (χ1v) is 9.30. The van der Waals surface area contributed by atoms with Gasteiger partial charge in [-0.15, -0.1) is 0 Å². The molecule has 1 aliphatic carbocycles. The van der Waals surface area contributed by atoms with Crippen LogP contribution < -0.4 is 9.47 Å². The summed E-state index contributed by atoms with van der Waals surface area (Å²) in [7, 11) is 3.40. The molecular weight excluding hydrogens is 388 g/mol. The van der Waals surface area contributed by atoms with E-state index < -0.39 is 0 Å². The molecule has 130 valence electrons. The maximum atomic E-state index is 5.51. The van der Waals surface area contributed by atoms with Crippen molar-refractivity contribution >= 4 is 27.1 Å². The van der Waals surface area contributed by atoms with Crippen LogP contribution in [-0.2, 0) is 6.42 Å². The number of hydrogen-bond donors (Lipinski definition) is 0. The molecule has 0 heterocycles. The number of allylic oxidation sites excluding steroid dienone is 1. The van der Waals surface area contributed by atoms with E-state index in [-0.39, 0.29) is 0 Å². The van der Waals surface area contributed by atoms with Crippen LogP contribution in [0.2, 0.25) is 0 Å². The van der Waals surface area contributed by atoms with Gasteiger partial charge in [-0.25, -0.2) is 0 Å². The summed E-state index contributed by atoms with van der Waals surface area (Å²) >= 11 is 3.74. The predicted molar refractivity (Wildman–Crippen MR) is 110 cm³/mol. The molecule has 0 bridgehead atoms. The van der Waals surface area contributed by atoms with Gasteiger partial charge in [0.05, 0.1) is 14.2 Å². The van der Waals surface area contributed by atoms with Gasteiger partial charge in [-0.3, -0.25) is 0 Å². The van der Waals surface area contributed by atoms with Crippen molar-refractivity contribution < 1.29 is 9.47 Å². The molecule has 0 aliphatic heterocycles. The third kappa shape index (κ3) is 2.93. The highest BCUT2D eigenvalue weighted by atomic mass is 79.9. The van der Waals surface area contributed by atoms with Gasteiger partial charge in [-0.1, -0.05) is 58.4 Å². The largest absolute Gasteiger partial charge is 0.497 e. The molecule has 0 amide bonds. The van der Waals surface area contributed by atoms with Gasteiger partial charge < -0.3 is 9.47 Å². The number of hydrogen-bond acceptors (Lipinski definition) is 2. The highest BCUT2D eigenvalue weighted by Crippen LogP contribution is 2.46. The molecule has 0 aromatic heterocycles. The van der Waals surface area contributed by atoms with Crippen LogP contribution in [0.5, 0.6) is 11.5 Å². The van der Waals surface area contributed by atoms with Crippen molar-refractivity contribution in [1.82, 2.24) is 0 Å². The van der Waals surface area contributed by atoms with E-state index in [2.05, 4.69) is 64.5 Å². The fraction of sp³-hybridized carbons (Fsp3) is 0.130. The van der Waals surface area contributed by atoms with Crippen LogP contribution in [0.25, 0.3) is 11.1 Å². The van der Waals surface area contributed by atoms with Crippen molar-refractivity contribution in [2.45, 2.75) is 6.42 Å². The summed E-state index contributed by atoms with van der Waals surface area (Å²) in [6.45, 7) is 0. The predicted octanol–water partition coefficient (Wildman–Crippen LogP) is 5.98. The van der Waals surface area contributed by atoms with Gasteiger partial charge >= 0.3 is 0 Å². The normalized spacial score (nSPS) is 12.9. The van der Waals surface area contributed by atoms with Gasteiger partial charge in [0.15, 0.2) is 0 Å². The highest BCUT2D eigenvalue weighted by molar-refractivity contribution is 9.10. The van der Waals surface area contributed by atoms with E-state index in [9.17, 15) is 0 Å². The average molecular weight is 407 g/mol. The lowest BCUT2D eigenvalue weighted by Gasteiger charge is -2.11. The maximum Gasteiger partial charge on any atom is 0.120 e. The molecule has 3 aromatic rings. The van der Waals surface area contributed by atoms with Crippen LogP contribution in [0.4, 0.5) is 0 Å². The lowest BCUT2D eigenvalue weighted by atomic mass is 9.94. The Bertz CT molecular complexity index is 973. The van der Waals surface area contributed by atoms with Crippen LogP contribution in [-0.4, -0.2) is 14.2 Å². The summed E-state index contributed by atoms with van der Waals surface area (Å²) in [4.78, 5) is 0. The van der Waals surface area contributed by atoms with E-state index in [0.717, 1.165) is 22.4 Å². The molecule has 0 fully saturated rings. The smallest absolute Gasteiger partial charge is 0.120 e. The van der Waals surface area contributed by atoms with Crippen molar-refractivity contribution in [1.29, 1.82) is 0 Å². The van der Waals surface area contributed by atoms with E-state index in [4.69, 9.17) is 9.47 Å². The monoisotopic (exact) mass is 406 g/mol. The minimum atomic E-state index is 0.861. The molecule has 0 saturated heterocycles. The standard InChI is InChI=1S/C23H19BrO2/c1-25-17-10-8-15(9-11-17)19-14-20-21(12-18(26-2)13-22(20)24)23(19)16-6-4-3-5-7-16/h3-13H,14H2,1-2H3. The average Bonchev–Trinajstić information content (AvgIpc) is 3.08. The summed E-state index contributed by atoms with van der Waals surface area (Å²) in [5.41, 5.74) is 7.56. The minimum Gasteiger partial charge on any atom is -0.497 e. The Labute approximate surface area is 162 Å². The SMILES string of the molecule is COc1ccc(C2=C(c3ccccc3)c3cc(OC)cc(Br)c3C2)cc1. The molecule has 0 N–H and O–H groups in total. The van der Waals surface area contributed by atoms with Crippen LogP contribution in [0.3, 0.4) is 0 Å². The second-order valence-electron chi connectivity index (χ2n) is 6.26. The molecule has 0 radical (unpaired) electrons. The summed E-state index contributed by atoms with van der Waals surface area (Å²) in [5, 5.41) is 0. The Hall–Kier alpha value is -2.52. The summed E-state index contributed by atoms with van der Waals surface area (Å²) in [6, 6.07) is 23.0. The second-order valence-corrected chi connectivity index (χ2v) is 7.11. The quantitative estimate of drug-likeness (QED) is 0.530. The second kappa shape index (κ2) is 7.00. The molecule has 0 saturated carbocycles. The van der Waals surface area contributed by atoms with Gasteiger partial charge in [-0.2, -0.15) is 0 Å². The Morgan fingerprint density at radius 3 is 2.12 bits per heavy atom. The molecule has 2 nitrogen and oxygen atoms in total. The van der Waals surface area contributed by atoms with Gasteiger partial charge in [0.1, 0.15) is 11.5 Å². The lowest BCUT2D eigenvalue weighted by molar-refractivity contribution is 0.414. The Balaban J connectivity index is 1.94. The molecular formula is C23H19BrO2. The highest BCUT2D eigenvalue weighted by Gasteiger charge is 2.26. The first kappa shape index (κ1) is 16.9. The van der Waals surface area contributed by atoms with Gasteiger partial charge in [0, 0.05) is 10.9 Å². The van der Waals surface area contributed by atoms with Crippen LogP contribution >= 0.6 is 15.9 Å². The fourth-order valence-corrected chi connectivity index (χ4v) is 4.11. The Morgan fingerprint density at radius 1 is 0.769 bits per heavy atom. The Kier molecular flexibility index (Phi) is 4.56. The fourth-order valence-electron chi connectivity index (χ4n) is 3.53. The van der Waals surface area contributed by atoms with E-state index in [1.54, 1.807) is 14.2 Å². The van der Waals surface area contributed by atoms with Crippen LogP contribution in [0.15, 0.2) is 71.2 Å². The van der Waals surface area contributed by atoms with Crippen molar-refractivity contribution in [3.63, 3.8) is 0 Å². The number of methoxy groups -OCH3 is 2. The van der Waals surface area contributed by atoms with Gasteiger partial charge in [0.25, 0.3) is 0 Å². The maximum absolute atomic E-state index is 5.51. The minimum absolute atomic E-state index is 0.861. The van der Waals surface area contributed by atoms with Crippen molar-refractivity contribution in [3.05, 3.63) is 93.5 Å². The molecule has 3 aromatic carbocycles. The van der Waals surface area contributed by atoms with Crippen LogP contribution in [0, 0.1) is 0 Å². The zero-order valence-electron chi connectivity index (χ0n) is 14.8. The molecule has 0 unspecified atom stereocenters.